The zero-order valence-electron chi connectivity index (χ0n) is 13.0. The number of nitrogens with one attached hydrogen (secondary N) is 2. The molecule has 1 amide bonds. The molecule has 0 unspecified atom stereocenters. The molecule has 1 fully saturated rings. The molecule has 0 saturated carbocycles. The standard InChI is InChI=1S/C18H21N3OS/c22-17(20-15-9-13-3-1-2-4-14(13)10-15)16-11-23-18(21-16)12-5-7-19-8-6-12/h1-4,11-12,15,19H,5-10H2,(H,20,22). The van der Waals surface area contributed by atoms with Crippen molar-refractivity contribution in [3.8, 4) is 0 Å². The fourth-order valence-electron chi connectivity index (χ4n) is 3.57. The van der Waals surface area contributed by atoms with Crippen LogP contribution in [0.2, 0.25) is 0 Å². The largest absolute Gasteiger partial charge is 0.347 e. The third-order valence-electron chi connectivity index (χ3n) is 4.83. The Morgan fingerprint density at radius 3 is 2.57 bits per heavy atom. The van der Waals surface area contributed by atoms with Crippen molar-refractivity contribution in [1.82, 2.24) is 15.6 Å². The molecule has 1 aliphatic heterocycles. The van der Waals surface area contributed by atoms with E-state index in [1.807, 2.05) is 5.38 Å². The number of hydrogen-bond acceptors (Lipinski definition) is 4. The molecule has 4 nitrogen and oxygen atoms in total. The second-order valence-electron chi connectivity index (χ2n) is 6.44. The number of benzene rings is 1. The monoisotopic (exact) mass is 327 g/mol. The summed E-state index contributed by atoms with van der Waals surface area (Å²) in [4.78, 5) is 17.1. The Morgan fingerprint density at radius 1 is 1.17 bits per heavy atom. The van der Waals surface area contributed by atoms with E-state index < -0.39 is 0 Å². The first kappa shape index (κ1) is 14.8. The highest BCUT2D eigenvalue weighted by atomic mass is 32.1. The van der Waals surface area contributed by atoms with E-state index >= 15 is 0 Å². The van der Waals surface area contributed by atoms with Crippen LogP contribution in [0.3, 0.4) is 0 Å². The highest BCUT2D eigenvalue weighted by Gasteiger charge is 2.25. The van der Waals surface area contributed by atoms with Crippen molar-refractivity contribution >= 4 is 17.2 Å². The number of amides is 1. The van der Waals surface area contributed by atoms with Crippen LogP contribution in [0.5, 0.6) is 0 Å². The second-order valence-corrected chi connectivity index (χ2v) is 7.33. The Labute approximate surface area is 140 Å². The third-order valence-corrected chi connectivity index (χ3v) is 5.84. The number of hydrogen-bond donors (Lipinski definition) is 2. The van der Waals surface area contributed by atoms with Gasteiger partial charge in [0, 0.05) is 17.3 Å². The summed E-state index contributed by atoms with van der Waals surface area (Å²) >= 11 is 1.63. The highest BCUT2D eigenvalue weighted by molar-refractivity contribution is 7.09. The van der Waals surface area contributed by atoms with Crippen molar-refractivity contribution in [2.45, 2.75) is 37.6 Å². The third kappa shape index (κ3) is 3.16. The summed E-state index contributed by atoms with van der Waals surface area (Å²) in [5.41, 5.74) is 3.29. The summed E-state index contributed by atoms with van der Waals surface area (Å²) in [7, 11) is 0. The van der Waals surface area contributed by atoms with Gasteiger partial charge in [0.15, 0.2) is 0 Å². The molecular formula is C18H21N3OS. The molecule has 4 rings (SSSR count). The van der Waals surface area contributed by atoms with Gasteiger partial charge in [-0.2, -0.15) is 0 Å². The maximum Gasteiger partial charge on any atom is 0.270 e. The highest BCUT2D eigenvalue weighted by Crippen LogP contribution is 2.28. The molecule has 1 aromatic carbocycles. The topological polar surface area (TPSA) is 54.0 Å². The smallest absolute Gasteiger partial charge is 0.270 e. The molecule has 2 aromatic rings. The molecule has 23 heavy (non-hydrogen) atoms. The lowest BCUT2D eigenvalue weighted by Gasteiger charge is -2.20. The van der Waals surface area contributed by atoms with Gasteiger partial charge in [0.25, 0.3) is 5.91 Å². The van der Waals surface area contributed by atoms with Crippen LogP contribution in [0.4, 0.5) is 0 Å². The number of fused-ring (bicyclic) bond motifs is 1. The van der Waals surface area contributed by atoms with E-state index in [0.717, 1.165) is 43.8 Å². The van der Waals surface area contributed by atoms with Gasteiger partial charge in [0.05, 0.1) is 5.01 Å². The van der Waals surface area contributed by atoms with E-state index in [-0.39, 0.29) is 11.9 Å². The Morgan fingerprint density at radius 2 is 1.87 bits per heavy atom. The van der Waals surface area contributed by atoms with E-state index in [1.54, 1.807) is 11.3 Å². The Hall–Kier alpha value is -1.72. The molecule has 2 heterocycles. The summed E-state index contributed by atoms with van der Waals surface area (Å²) < 4.78 is 0. The van der Waals surface area contributed by atoms with Gasteiger partial charge >= 0.3 is 0 Å². The molecule has 1 aliphatic carbocycles. The molecule has 0 radical (unpaired) electrons. The van der Waals surface area contributed by atoms with Crippen LogP contribution < -0.4 is 10.6 Å². The lowest BCUT2D eigenvalue weighted by molar-refractivity contribution is 0.0934. The molecule has 0 spiro atoms. The first-order valence-electron chi connectivity index (χ1n) is 8.33. The first-order chi connectivity index (χ1) is 11.3. The van der Waals surface area contributed by atoms with Gasteiger partial charge in [-0.25, -0.2) is 4.98 Å². The predicted octanol–water partition coefficient (Wildman–Crippen LogP) is 2.51. The number of rotatable bonds is 3. The van der Waals surface area contributed by atoms with E-state index in [4.69, 9.17) is 0 Å². The predicted molar refractivity (Wildman–Crippen MR) is 92.1 cm³/mol. The quantitative estimate of drug-likeness (QED) is 0.911. The number of carbonyl (C=O) groups is 1. The minimum atomic E-state index is -0.0285. The number of piperidine rings is 1. The van der Waals surface area contributed by atoms with Gasteiger partial charge in [0.2, 0.25) is 0 Å². The fraction of sp³-hybridized carbons (Fsp3) is 0.444. The van der Waals surface area contributed by atoms with Crippen molar-refractivity contribution in [2.75, 3.05) is 13.1 Å². The van der Waals surface area contributed by atoms with Gasteiger partial charge in [-0.05, 0) is 49.9 Å². The van der Waals surface area contributed by atoms with E-state index in [1.165, 1.54) is 11.1 Å². The first-order valence-corrected chi connectivity index (χ1v) is 9.21. The number of carbonyl (C=O) groups excluding carboxylic acids is 1. The van der Waals surface area contributed by atoms with Crippen LogP contribution in [-0.2, 0) is 12.8 Å². The lowest BCUT2D eigenvalue weighted by atomic mass is 9.99. The number of thiazole rings is 1. The summed E-state index contributed by atoms with van der Waals surface area (Å²) in [6, 6.07) is 8.63. The van der Waals surface area contributed by atoms with Crippen LogP contribution in [0.15, 0.2) is 29.6 Å². The van der Waals surface area contributed by atoms with E-state index in [9.17, 15) is 4.79 Å². The Balaban J connectivity index is 1.39. The lowest BCUT2D eigenvalue weighted by Crippen LogP contribution is -2.35. The molecule has 0 atom stereocenters. The second kappa shape index (κ2) is 6.42. The van der Waals surface area contributed by atoms with Crippen LogP contribution in [0.25, 0.3) is 0 Å². The van der Waals surface area contributed by atoms with Crippen molar-refractivity contribution in [3.63, 3.8) is 0 Å². The molecule has 0 bridgehead atoms. The average Bonchev–Trinajstić information content (AvgIpc) is 3.22. The maximum absolute atomic E-state index is 12.5. The minimum absolute atomic E-state index is 0.0285. The van der Waals surface area contributed by atoms with Crippen molar-refractivity contribution in [2.24, 2.45) is 0 Å². The number of aromatic nitrogens is 1. The summed E-state index contributed by atoms with van der Waals surface area (Å²) in [6.07, 6.45) is 4.08. The number of nitrogens with zero attached hydrogens (tertiary/aromatic N) is 1. The van der Waals surface area contributed by atoms with E-state index in [2.05, 4.69) is 39.9 Å². The minimum Gasteiger partial charge on any atom is -0.347 e. The Bertz CT molecular complexity index is 681. The maximum atomic E-state index is 12.5. The van der Waals surface area contributed by atoms with Gasteiger partial charge in [-0.1, -0.05) is 24.3 Å². The summed E-state index contributed by atoms with van der Waals surface area (Å²) in [6.45, 7) is 2.10. The van der Waals surface area contributed by atoms with Crippen LogP contribution in [0, 0.1) is 0 Å². The summed E-state index contributed by atoms with van der Waals surface area (Å²) in [5.74, 6) is 0.484. The molecular weight excluding hydrogens is 306 g/mol. The van der Waals surface area contributed by atoms with Crippen LogP contribution >= 0.6 is 11.3 Å². The van der Waals surface area contributed by atoms with Crippen molar-refractivity contribution in [3.05, 3.63) is 51.5 Å². The SMILES string of the molecule is O=C(NC1Cc2ccccc2C1)c1csc(C2CCNCC2)n1. The molecule has 5 heteroatoms. The average molecular weight is 327 g/mol. The zero-order valence-corrected chi connectivity index (χ0v) is 13.9. The normalized spacial score (nSPS) is 18.8. The van der Waals surface area contributed by atoms with Crippen molar-refractivity contribution in [1.29, 1.82) is 0 Å². The molecule has 1 saturated heterocycles. The van der Waals surface area contributed by atoms with Gasteiger partial charge in [0.1, 0.15) is 5.69 Å². The van der Waals surface area contributed by atoms with Crippen LogP contribution in [0.1, 0.15) is 45.4 Å². The summed E-state index contributed by atoms with van der Waals surface area (Å²) in [5, 5.41) is 9.55. The van der Waals surface area contributed by atoms with Gasteiger partial charge < -0.3 is 10.6 Å². The molecule has 1 aromatic heterocycles. The zero-order chi connectivity index (χ0) is 15.6. The molecule has 120 valence electrons. The van der Waals surface area contributed by atoms with E-state index in [0.29, 0.717) is 11.6 Å². The van der Waals surface area contributed by atoms with Gasteiger partial charge in [-0.3, -0.25) is 4.79 Å². The fourth-order valence-corrected chi connectivity index (χ4v) is 4.54. The Kier molecular flexibility index (Phi) is 4.14. The molecule has 2 aliphatic rings. The van der Waals surface area contributed by atoms with Gasteiger partial charge in [-0.15, -0.1) is 11.3 Å². The van der Waals surface area contributed by atoms with Crippen LogP contribution in [-0.4, -0.2) is 30.0 Å². The van der Waals surface area contributed by atoms with Crippen molar-refractivity contribution < 1.29 is 4.79 Å². The molecule has 2 N–H and O–H groups in total.